The number of aryl methyl sites for hydroxylation is 1. The third-order valence-corrected chi connectivity index (χ3v) is 3.43. The molecule has 0 aromatic carbocycles. The van der Waals surface area contributed by atoms with Crippen molar-refractivity contribution in [1.82, 2.24) is 4.98 Å². The molecule has 2 heterocycles. The molecule has 0 fully saturated rings. The quantitative estimate of drug-likeness (QED) is 0.691. The molecule has 2 nitrogen and oxygen atoms in total. The van der Waals surface area contributed by atoms with Crippen LogP contribution in [0.15, 0.2) is 30.0 Å². The second-order valence-electron chi connectivity index (χ2n) is 4.98. The molecule has 2 aromatic heterocycles. The zero-order chi connectivity index (χ0) is 11.8. The first-order valence-electron chi connectivity index (χ1n) is 5.40. The smallest absolute Gasteiger partial charge is 0.225 e. The number of hydrogen-bond donors (Lipinski definition) is 0. The molecule has 0 unspecified atom stereocenters. The van der Waals surface area contributed by atoms with E-state index in [1.165, 1.54) is 10.4 Å². The van der Waals surface area contributed by atoms with Crippen molar-refractivity contribution in [3.8, 4) is 10.4 Å². The van der Waals surface area contributed by atoms with Gasteiger partial charge in [-0.2, -0.15) is 4.57 Å². The van der Waals surface area contributed by atoms with Gasteiger partial charge in [-0.3, -0.25) is 4.98 Å². The Morgan fingerprint density at radius 1 is 1.31 bits per heavy atom. The van der Waals surface area contributed by atoms with Crippen LogP contribution in [0, 0.1) is 6.92 Å². The fourth-order valence-electron chi connectivity index (χ4n) is 1.49. The third-order valence-electron chi connectivity index (χ3n) is 2.51. The maximum Gasteiger partial charge on any atom is 0.225 e. The zero-order valence-electron chi connectivity index (χ0n) is 10.2. The van der Waals surface area contributed by atoms with Crippen LogP contribution in [0.4, 0.5) is 0 Å². The van der Waals surface area contributed by atoms with Crippen LogP contribution in [0.25, 0.3) is 10.4 Å². The maximum absolute atomic E-state index is 4.22. The fraction of sp³-hybridized carbons (Fsp3) is 0.385. The molecule has 0 saturated heterocycles. The lowest BCUT2D eigenvalue weighted by Gasteiger charge is -2.09. The van der Waals surface area contributed by atoms with E-state index in [1.54, 1.807) is 11.3 Å². The average Bonchev–Trinajstić information content (AvgIpc) is 2.65. The van der Waals surface area contributed by atoms with Gasteiger partial charge in [-0.15, -0.1) is 0 Å². The fourth-order valence-corrected chi connectivity index (χ4v) is 2.54. The lowest BCUT2D eigenvalue weighted by molar-refractivity contribution is -0.749. The number of aromatic nitrogens is 2. The molecule has 3 heteroatoms. The van der Waals surface area contributed by atoms with Gasteiger partial charge in [-0.25, -0.2) is 0 Å². The van der Waals surface area contributed by atoms with Gasteiger partial charge in [-0.1, -0.05) is 11.3 Å². The summed E-state index contributed by atoms with van der Waals surface area (Å²) >= 11 is 1.77. The molecule has 0 radical (unpaired) electrons. The van der Waals surface area contributed by atoms with Crippen LogP contribution in [0.2, 0.25) is 0 Å². The van der Waals surface area contributed by atoms with Crippen LogP contribution in [0.3, 0.4) is 0 Å². The monoisotopic (exact) mass is 233 g/mol. The molecule has 84 valence electrons. The van der Waals surface area contributed by atoms with Crippen molar-refractivity contribution >= 4 is 11.3 Å². The van der Waals surface area contributed by atoms with E-state index in [1.807, 2.05) is 13.1 Å². The van der Waals surface area contributed by atoms with Crippen molar-refractivity contribution in [3.63, 3.8) is 0 Å². The van der Waals surface area contributed by atoms with Crippen LogP contribution in [-0.2, 0) is 5.54 Å². The first-order valence-corrected chi connectivity index (χ1v) is 6.28. The molecular formula is C13H17N2S+. The molecule has 2 rings (SSSR count). The maximum atomic E-state index is 4.22. The van der Waals surface area contributed by atoms with Gasteiger partial charge in [0.2, 0.25) is 5.51 Å². The third kappa shape index (κ3) is 2.30. The van der Waals surface area contributed by atoms with Crippen molar-refractivity contribution in [3.05, 3.63) is 35.7 Å². The minimum Gasteiger partial charge on any atom is -0.262 e. The van der Waals surface area contributed by atoms with E-state index in [-0.39, 0.29) is 5.54 Å². The summed E-state index contributed by atoms with van der Waals surface area (Å²) in [5.41, 5.74) is 4.63. The zero-order valence-corrected chi connectivity index (χ0v) is 11.0. The Bertz CT molecular complexity index is 495. The van der Waals surface area contributed by atoms with Gasteiger partial charge in [0.25, 0.3) is 0 Å². The van der Waals surface area contributed by atoms with Gasteiger partial charge < -0.3 is 0 Å². The molecule has 0 spiro atoms. The molecule has 0 atom stereocenters. The minimum atomic E-state index is 0.150. The molecule has 2 aromatic rings. The van der Waals surface area contributed by atoms with E-state index < -0.39 is 0 Å². The molecular weight excluding hydrogens is 216 g/mol. The normalized spacial score (nSPS) is 11.8. The van der Waals surface area contributed by atoms with E-state index >= 15 is 0 Å². The second kappa shape index (κ2) is 3.98. The molecule has 0 bridgehead atoms. The summed E-state index contributed by atoms with van der Waals surface area (Å²) in [6.45, 7) is 8.65. The van der Waals surface area contributed by atoms with Crippen LogP contribution in [0.1, 0.15) is 26.5 Å². The molecule has 0 aliphatic carbocycles. The SMILES string of the molecule is Cc1cc(-c2c[n+](C(C)(C)C)cs2)ccn1. The number of thiazole rings is 1. The highest BCUT2D eigenvalue weighted by atomic mass is 32.1. The topological polar surface area (TPSA) is 16.8 Å². The molecule has 0 aliphatic heterocycles. The first-order chi connectivity index (χ1) is 7.47. The Morgan fingerprint density at radius 2 is 2.06 bits per heavy atom. The standard InChI is InChI=1S/C13H17N2S/c1-10-7-11(5-6-14-10)12-8-15(9-16-12)13(2,3)4/h5-9H,1-4H3/q+1. The molecule has 0 amide bonds. The average molecular weight is 233 g/mol. The molecule has 0 aliphatic rings. The van der Waals surface area contributed by atoms with E-state index in [0.29, 0.717) is 0 Å². The van der Waals surface area contributed by atoms with E-state index in [9.17, 15) is 0 Å². The summed E-state index contributed by atoms with van der Waals surface area (Å²) in [6, 6.07) is 4.19. The van der Waals surface area contributed by atoms with Gasteiger partial charge >= 0.3 is 0 Å². The van der Waals surface area contributed by atoms with Gasteiger partial charge in [0.15, 0.2) is 11.7 Å². The van der Waals surface area contributed by atoms with Gasteiger partial charge in [-0.05, 0) is 19.1 Å². The van der Waals surface area contributed by atoms with Crippen molar-refractivity contribution in [2.45, 2.75) is 33.2 Å². The first kappa shape index (κ1) is 11.3. The number of nitrogens with zero attached hydrogens (tertiary/aromatic N) is 2. The van der Waals surface area contributed by atoms with Crippen LogP contribution in [-0.4, -0.2) is 4.98 Å². The Kier molecular flexibility index (Phi) is 2.80. The van der Waals surface area contributed by atoms with E-state index in [0.717, 1.165) is 5.69 Å². The Labute approximate surface area is 101 Å². The molecule has 16 heavy (non-hydrogen) atoms. The lowest BCUT2D eigenvalue weighted by Crippen LogP contribution is -2.47. The summed E-state index contributed by atoms with van der Waals surface area (Å²) < 4.78 is 2.25. The molecule has 0 N–H and O–H groups in total. The van der Waals surface area contributed by atoms with Crippen molar-refractivity contribution in [2.24, 2.45) is 0 Å². The summed E-state index contributed by atoms with van der Waals surface area (Å²) in [5.74, 6) is 0. The van der Waals surface area contributed by atoms with Gasteiger partial charge in [0.1, 0.15) is 4.88 Å². The van der Waals surface area contributed by atoms with Gasteiger partial charge in [0.05, 0.1) is 0 Å². The highest BCUT2D eigenvalue weighted by Crippen LogP contribution is 2.23. The lowest BCUT2D eigenvalue weighted by atomic mass is 10.1. The largest absolute Gasteiger partial charge is 0.262 e. The van der Waals surface area contributed by atoms with Crippen LogP contribution >= 0.6 is 11.3 Å². The highest BCUT2D eigenvalue weighted by molar-refractivity contribution is 7.12. The minimum absolute atomic E-state index is 0.150. The summed E-state index contributed by atoms with van der Waals surface area (Å²) in [4.78, 5) is 5.51. The predicted octanol–water partition coefficient (Wildman–Crippen LogP) is 3.16. The number of rotatable bonds is 1. The van der Waals surface area contributed by atoms with Crippen LogP contribution in [0.5, 0.6) is 0 Å². The summed E-state index contributed by atoms with van der Waals surface area (Å²) in [7, 11) is 0. The van der Waals surface area contributed by atoms with E-state index in [2.05, 4.69) is 54.2 Å². The highest BCUT2D eigenvalue weighted by Gasteiger charge is 2.23. The second-order valence-corrected chi connectivity index (χ2v) is 5.87. The van der Waals surface area contributed by atoms with Crippen LogP contribution < -0.4 is 4.57 Å². The van der Waals surface area contributed by atoms with Crippen molar-refractivity contribution in [2.75, 3.05) is 0 Å². The van der Waals surface area contributed by atoms with Crippen molar-refractivity contribution in [1.29, 1.82) is 0 Å². The Balaban J connectivity index is 2.39. The number of pyridine rings is 1. The molecule has 0 saturated carbocycles. The number of hydrogen-bond acceptors (Lipinski definition) is 2. The Morgan fingerprint density at radius 3 is 2.62 bits per heavy atom. The Hall–Kier alpha value is -1.22. The van der Waals surface area contributed by atoms with Crippen molar-refractivity contribution < 1.29 is 4.57 Å². The summed E-state index contributed by atoms with van der Waals surface area (Å²) in [5, 5.41) is 0. The van der Waals surface area contributed by atoms with Gasteiger partial charge in [0, 0.05) is 38.2 Å². The predicted molar refractivity (Wildman–Crippen MR) is 67.5 cm³/mol. The summed E-state index contributed by atoms with van der Waals surface area (Å²) in [6.07, 6.45) is 4.07. The van der Waals surface area contributed by atoms with E-state index in [4.69, 9.17) is 0 Å².